The summed E-state index contributed by atoms with van der Waals surface area (Å²) < 4.78 is 16.6. The Bertz CT molecular complexity index is 993. The maximum atomic E-state index is 12.4. The molecule has 1 aliphatic rings. The molecule has 0 N–H and O–H groups in total. The molecule has 0 saturated carbocycles. The predicted octanol–water partition coefficient (Wildman–Crippen LogP) is 3.69. The van der Waals surface area contributed by atoms with E-state index in [9.17, 15) is 9.59 Å². The van der Waals surface area contributed by atoms with Crippen molar-refractivity contribution in [2.75, 3.05) is 13.1 Å². The Morgan fingerprint density at radius 1 is 1.21 bits per heavy atom. The molecule has 0 atom stereocenters. The Balaban J connectivity index is 1.27. The summed E-state index contributed by atoms with van der Waals surface area (Å²) in [7, 11) is 0. The fraction of sp³-hybridized carbons (Fsp3) is 0.300. The van der Waals surface area contributed by atoms with Crippen molar-refractivity contribution in [2.24, 2.45) is 5.92 Å². The third kappa shape index (κ3) is 4.56. The van der Waals surface area contributed by atoms with E-state index < -0.39 is 0 Å². The van der Waals surface area contributed by atoms with Crippen molar-refractivity contribution < 1.29 is 23.3 Å². The average Bonchev–Trinajstić information content (AvgIpc) is 3.44. The molecule has 4 rings (SSSR count). The molecule has 29 heavy (non-hydrogen) atoms. The lowest BCUT2D eigenvalue weighted by molar-refractivity contribution is -0.152. The SMILES string of the molecule is O=C(OCc1nc(-c2cccc(Br)c2)no1)C1CCN(C(=O)c2ccco2)CC1. The van der Waals surface area contributed by atoms with Gasteiger partial charge < -0.3 is 18.6 Å². The average molecular weight is 460 g/mol. The summed E-state index contributed by atoms with van der Waals surface area (Å²) in [6, 6.07) is 10.8. The minimum atomic E-state index is -0.322. The molecule has 9 heteroatoms. The van der Waals surface area contributed by atoms with Crippen LogP contribution in [0.15, 0.2) is 56.1 Å². The number of amides is 1. The van der Waals surface area contributed by atoms with Gasteiger partial charge in [0.05, 0.1) is 12.2 Å². The number of ether oxygens (including phenoxy) is 1. The van der Waals surface area contributed by atoms with Crippen LogP contribution in [0, 0.1) is 5.92 Å². The van der Waals surface area contributed by atoms with Gasteiger partial charge in [-0.2, -0.15) is 4.98 Å². The number of hydrogen-bond acceptors (Lipinski definition) is 7. The zero-order valence-corrected chi connectivity index (χ0v) is 17.0. The first-order valence-corrected chi connectivity index (χ1v) is 9.97. The summed E-state index contributed by atoms with van der Waals surface area (Å²) in [6.07, 6.45) is 2.55. The lowest BCUT2D eigenvalue weighted by Gasteiger charge is -2.30. The van der Waals surface area contributed by atoms with Gasteiger partial charge in [0.2, 0.25) is 5.82 Å². The number of carbonyl (C=O) groups is 2. The van der Waals surface area contributed by atoms with Crippen LogP contribution in [-0.4, -0.2) is 40.0 Å². The van der Waals surface area contributed by atoms with Crippen molar-refractivity contribution in [1.29, 1.82) is 0 Å². The quantitative estimate of drug-likeness (QED) is 0.536. The molecule has 1 aromatic carbocycles. The van der Waals surface area contributed by atoms with Crippen molar-refractivity contribution in [3.8, 4) is 11.4 Å². The molecule has 3 heterocycles. The van der Waals surface area contributed by atoms with Gasteiger partial charge in [-0.25, -0.2) is 0 Å². The van der Waals surface area contributed by atoms with Crippen LogP contribution in [0.4, 0.5) is 0 Å². The van der Waals surface area contributed by atoms with E-state index >= 15 is 0 Å². The van der Waals surface area contributed by atoms with Crippen molar-refractivity contribution in [3.63, 3.8) is 0 Å². The van der Waals surface area contributed by atoms with Gasteiger partial charge in [-0.1, -0.05) is 33.2 Å². The highest BCUT2D eigenvalue weighted by atomic mass is 79.9. The molecule has 3 aromatic rings. The second-order valence-corrected chi connectivity index (χ2v) is 7.59. The number of esters is 1. The first-order chi connectivity index (χ1) is 14.1. The topological polar surface area (TPSA) is 98.7 Å². The minimum Gasteiger partial charge on any atom is -0.459 e. The summed E-state index contributed by atoms with van der Waals surface area (Å²) in [5.74, 6) is 0.234. The van der Waals surface area contributed by atoms with Crippen LogP contribution < -0.4 is 0 Å². The Hall–Kier alpha value is -2.94. The van der Waals surface area contributed by atoms with Crippen LogP contribution in [0.2, 0.25) is 0 Å². The van der Waals surface area contributed by atoms with Crippen molar-refractivity contribution in [1.82, 2.24) is 15.0 Å². The summed E-state index contributed by atoms with van der Waals surface area (Å²) in [5.41, 5.74) is 0.800. The van der Waals surface area contributed by atoms with Crippen LogP contribution >= 0.6 is 15.9 Å². The van der Waals surface area contributed by atoms with Crippen LogP contribution in [0.3, 0.4) is 0 Å². The number of benzene rings is 1. The summed E-state index contributed by atoms with van der Waals surface area (Å²) in [4.78, 5) is 30.6. The zero-order valence-electron chi connectivity index (χ0n) is 15.4. The van der Waals surface area contributed by atoms with Crippen LogP contribution in [0.5, 0.6) is 0 Å². The third-order valence-electron chi connectivity index (χ3n) is 4.74. The first-order valence-electron chi connectivity index (χ1n) is 9.18. The summed E-state index contributed by atoms with van der Waals surface area (Å²) in [6.45, 7) is 0.880. The number of piperidine rings is 1. The molecule has 1 aliphatic heterocycles. The number of aromatic nitrogens is 2. The number of hydrogen-bond donors (Lipinski definition) is 0. The Morgan fingerprint density at radius 2 is 2.03 bits per heavy atom. The van der Waals surface area contributed by atoms with E-state index in [0.717, 1.165) is 10.0 Å². The minimum absolute atomic E-state index is 0.0780. The van der Waals surface area contributed by atoms with E-state index in [2.05, 4.69) is 26.1 Å². The Kier molecular flexibility index (Phi) is 5.75. The van der Waals surface area contributed by atoms with Crippen LogP contribution in [-0.2, 0) is 16.1 Å². The molecular weight excluding hydrogens is 442 g/mol. The maximum Gasteiger partial charge on any atom is 0.309 e. The number of carbonyl (C=O) groups excluding carboxylic acids is 2. The van der Waals surface area contributed by atoms with Gasteiger partial charge in [-0.3, -0.25) is 9.59 Å². The second-order valence-electron chi connectivity index (χ2n) is 6.67. The monoisotopic (exact) mass is 459 g/mol. The van der Waals surface area contributed by atoms with Gasteiger partial charge >= 0.3 is 5.97 Å². The van der Waals surface area contributed by atoms with E-state index in [4.69, 9.17) is 13.7 Å². The summed E-state index contributed by atoms with van der Waals surface area (Å²) >= 11 is 3.40. The van der Waals surface area contributed by atoms with Gasteiger partial charge in [0.15, 0.2) is 12.4 Å². The smallest absolute Gasteiger partial charge is 0.309 e. The van der Waals surface area contributed by atoms with Gasteiger partial charge in [0.25, 0.3) is 11.8 Å². The highest BCUT2D eigenvalue weighted by Gasteiger charge is 2.30. The lowest BCUT2D eigenvalue weighted by atomic mass is 9.97. The van der Waals surface area contributed by atoms with Crippen molar-refractivity contribution in [3.05, 3.63) is 58.8 Å². The number of likely N-dealkylation sites (tertiary alicyclic amines) is 1. The molecule has 1 saturated heterocycles. The largest absolute Gasteiger partial charge is 0.459 e. The third-order valence-corrected chi connectivity index (χ3v) is 5.23. The van der Waals surface area contributed by atoms with Crippen LogP contribution in [0.25, 0.3) is 11.4 Å². The van der Waals surface area contributed by atoms with Gasteiger partial charge in [0, 0.05) is 23.1 Å². The molecule has 0 bridgehead atoms. The van der Waals surface area contributed by atoms with E-state index in [1.807, 2.05) is 24.3 Å². The molecule has 0 aliphatic carbocycles. The maximum absolute atomic E-state index is 12.4. The molecule has 1 fully saturated rings. The first kappa shape index (κ1) is 19.4. The zero-order chi connectivity index (χ0) is 20.2. The molecule has 0 unspecified atom stereocenters. The van der Waals surface area contributed by atoms with Crippen molar-refractivity contribution >= 4 is 27.8 Å². The predicted molar refractivity (Wildman–Crippen MR) is 105 cm³/mol. The molecular formula is C20H18BrN3O5. The molecule has 150 valence electrons. The van der Waals surface area contributed by atoms with Gasteiger partial charge in [0.1, 0.15) is 0 Å². The molecule has 8 nitrogen and oxygen atoms in total. The Morgan fingerprint density at radius 3 is 2.76 bits per heavy atom. The highest BCUT2D eigenvalue weighted by molar-refractivity contribution is 9.10. The molecule has 2 aromatic heterocycles. The van der Waals surface area contributed by atoms with Crippen LogP contribution in [0.1, 0.15) is 29.3 Å². The fourth-order valence-electron chi connectivity index (χ4n) is 3.18. The van der Waals surface area contributed by atoms with E-state index in [-0.39, 0.29) is 30.3 Å². The molecule has 0 spiro atoms. The lowest BCUT2D eigenvalue weighted by Crippen LogP contribution is -2.40. The highest BCUT2D eigenvalue weighted by Crippen LogP contribution is 2.22. The normalized spacial score (nSPS) is 14.7. The Labute approximate surface area is 175 Å². The van der Waals surface area contributed by atoms with Crippen molar-refractivity contribution in [2.45, 2.75) is 19.4 Å². The standard InChI is InChI=1S/C20H18BrN3O5/c21-15-4-1-3-14(11-15)18-22-17(29-23-18)12-28-20(26)13-6-8-24(9-7-13)19(25)16-5-2-10-27-16/h1-5,10-11,13H,6-9,12H2. The number of nitrogens with zero attached hydrogens (tertiary/aromatic N) is 3. The number of furan rings is 1. The number of rotatable bonds is 5. The number of halogens is 1. The fourth-order valence-corrected chi connectivity index (χ4v) is 3.58. The van der Waals surface area contributed by atoms with Gasteiger partial charge in [-0.05, 0) is 37.1 Å². The van der Waals surface area contributed by atoms with E-state index in [0.29, 0.717) is 37.5 Å². The molecule has 1 amide bonds. The summed E-state index contributed by atoms with van der Waals surface area (Å²) in [5, 5.41) is 3.92. The van der Waals surface area contributed by atoms with E-state index in [1.165, 1.54) is 6.26 Å². The van der Waals surface area contributed by atoms with Gasteiger partial charge in [-0.15, -0.1) is 0 Å². The van der Waals surface area contributed by atoms with E-state index in [1.54, 1.807) is 17.0 Å². The molecule has 0 radical (unpaired) electrons. The second kappa shape index (κ2) is 8.60.